The second-order valence-corrected chi connectivity index (χ2v) is 4.30. The van der Waals surface area contributed by atoms with E-state index in [0.29, 0.717) is 5.76 Å². The highest BCUT2D eigenvalue weighted by molar-refractivity contribution is 5.67. The van der Waals surface area contributed by atoms with Crippen molar-refractivity contribution in [1.82, 2.24) is 0 Å². The van der Waals surface area contributed by atoms with Gasteiger partial charge in [-0.15, -0.1) is 0 Å². The molecule has 0 saturated carbocycles. The fraction of sp³-hybridized carbons (Fsp3) is 0.176. The molecule has 3 heteroatoms. The molecule has 1 N–H and O–H groups in total. The van der Waals surface area contributed by atoms with E-state index >= 15 is 0 Å². The summed E-state index contributed by atoms with van der Waals surface area (Å²) >= 11 is 0. The third kappa shape index (κ3) is 3.39. The molecule has 2 aromatic rings. The molecule has 104 valence electrons. The molecule has 0 aromatic heterocycles. The van der Waals surface area contributed by atoms with Gasteiger partial charge < -0.3 is 14.6 Å². The molecule has 0 heterocycles. The van der Waals surface area contributed by atoms with Crippen LogP contribution in [0.15, 0.2) is 55.1 Å². The fourth-order valence-corrected chi connectivity index (χ4v) is 1.88. The van der Waals surface area contributed by atoms with Crippen LogP contribution in [0, 0.1) is 0 Å². The quantitative estimate of drug-likeness (QED) is 0.818. The number of ether oxygens (including phenoxy) is 2. The standard InChI is InChI=1S/C17H18O3/c1-13(20-12-11-18)14-3-5-15(6-4-14)16-7-9-17(19-2)10-8-16/h3-10,18H,1,11-12H2,2H3. The number of benzene rings is 2. The molecule has 0 saturated heterocycles. The van der Waals surface area contributed by atoms with Crippen LogP contribution in [0.4, 0.5) is 0 Å². The number of rotatable bonds is 6. The monoisotopic (exact) mass is 270 g/mol. The Morgan fingerprint density at radius 2 is 1.55 bits per heavy atom. The third-order valence-electron chi connectivity index (χ3n) is 3.00. The first-order chi connectivity index (χ1) is 9.74. The lowest BCUT2D eigenvalue weighted by Gasteiger charge is -2.09. The number of aliphatic hydroxyl groups excluding tert-OH is 1. The van der Waals surface area contributed by atoms with Gasteiger partial charge in [0, 0.05) is 5.56 Å². The molecule has 0 aliphatic rings. The first-order valence-electron chi connectivity index (χ1n) is 6.42. The second kappa shape index (κ2) is 6.78. The summed E-state index contributed by atoms with van der Waals surface area (Å²) in [6.07, 6.45) is 0. The molecular weight excluding hydrogens is 252 g/mol. The van der Waals surface area contributed by atoms with Gasteiger partial charge in [0.05, 0.1) is 13.7 Å². The van der Waals surface area contributed by atoms with Crippen LogP contribution in [0.1, 0.15) is 5.56 Å². The van der Waals surface area contributed by atoms with E-state index in [2.05, 4.69) is 6.58 Å². The Labute approximate surface area is 119 Å². The van der Waals surface area contributed by atoms with Crippen LogP contribution >= 0.6 is 0 Å². The van der Waals surface area contributed by atoms with Crippen LogP contribution in [0.3, 0.4) is 0 Å². The maximum atomic E-state index is 8.72. The summed E-state index contributed by atoms with van der Waals surface area (Å²) in [5.41, 5.74) is 3.15. The zero-order valence-electron chi connectivity index (χ0n) is 11.5. The van der Waals surface area contributed by atoms with Gasteiger partial charge in [-0.1, -0.05) is 43.0 Å². The van der Waals surface area contributed by atoms with Crippen LogP contribution < -0.4 is 4.74 Å². The highest BCUT2D eigenvalue weighted by atomic mass is 16.5. The van der Waals surface area contributed by atoms with Crippen molar-refractivity contribution in [1.29, 1.82) is 0 Å². The molecule has 0 aliphatic heterocycles. The summed E-state index contributed by atoms with van der Waals surface area (Å²) in [6, 6.07) is 15.9. The Bertz CT molecular complexity index is 556. The van der Waals surface area contributed by atoms with E-state index < -0.39 is 0 Å². The van der Waals surface area contributed by atoms with Crippen molar-refractivity contribution in [3.63, 3.8) is 0 Å². The zero-order chi connectivity index (χ0) is 14.4. The number of methoxy groups -OCH3 is 1. The van der Waals surface area contributed by atoms with Crippen molar-refractivity contribution in [2.75, 3.05) is 20.3 Å². The lowest BCUT2D eigenvalue weighted by molar-refractivity contribution is 0.181. The molecule has 0 aliphatic carbocycles. The molecule has 20 heavy (non-hydrogen) atoms. The van der Waals surface area contributed by atoms with Crippen LogP contribution in [0.2, 0.25) is 0 Å². The molecular formula is C17H18O3. The molecule has 0 bridgehead atoms. The van der Waals surface area contributed by atoms with E-state index in [1.807, 2.05) is 48.5 Å². The summed E-state index contributed by atoms with van der Waals surface area (Å²) in [6.45, 7) is 4.09. The van der Waals surface area contributed by atoms with Crippen molar-refractivity contribution in [3.05, 3.63) is 60.7 Å². The third-order valence-corrected chi connectivity index (χ3v) is 3.00. The van der Waals surface area contributed by atoms with Crippen molar-refractivity contribution in [2.45, 2.75) is 0 Å². The maximum Gasteiger partial charge on any atom is 0.119 e. The van der Waals surface area contributed by atoms with Gasteiger partial charge in [0.15, 0.2) is 0 Å². The second-order valence-electron chi connectivity index (χ2n) is 4.30. The lowest BCUT2D eigenvalue weighted by Crippen LogP contribution is -1.97. The Hall–Kier alpha value is -2.26. The SMILES string of the molecule is C=C(OCCO)c1ccc(-c2ccc(OC)cc2)cc1. The van der Waals surface area contributed by atoms with Gasteiger partial charge in [-0.2, -0.15) is 0 Å². The average molecular weight is 270 g/mol. The Kier molecular flexibility index (Phi) is 4.80. The number of hydrogen-bond donors (Lipinski definition) is 1. The summed E-state index contributed by atoms with van der Waals surface area (Å²) in [5.74, 6) is 1.41. The van der Waals surface area contributed by atoms with E-state index in [1.54, 1.807) is 7.11 Å². The lowest BCUT2D eigenvalue weighted by atomic mass is 10.0. The number of hydrogen-bond acceptors (Lipinski definition) is 3. The molecule has 0 fully saturated rings. The normalized spacial score (nSPS) is 10.1. The van der Waals surface area contributed by atoms with Gasteiger partial charge in [-0.25, -0.2) is 0 Å². The summed E-state index contributed by atoms with van der Waals surface area (Å²) < 4.78 is 10.4. The van der Waals surface area contributed by atoms with E-state index in [1.165, 1.54) is 0 Å². The Balaban J connectivity index is 2.12. The maximum absolute atomic E-state index is 8.72. The first kappa shape index (κ1) is 14.2. The highest BCUT2D eigenvalue weighted by Gasteiger charge is 2.02. The van der Waals surface area contributed by atoms with Crippen molar-refractivity contribution in [3.8, 4) is 16.9 Å². The van der Waals surface area contributed by atoms with Crippen LogP contribution in [-0.4, -0.2) is 25.4 Å². The number of aliphatic hydroxyl groups is 1. The Morgan fingerprint density at radius 3 is 2.05 bits per heavy atom. The zero-order valence-corrected chi connectivity index (χ0v) is 11.5. The molecule has 0 spiro atoms. The van der Waals surface area contributed by atoms with Crippen molar-refractivity contribution in [2.24, 2.45) is 0 Å². The molecule has 0 radical (unpaired) electrons. The van der Waals surface area contributed by atoms with Crippen molar-refractivity contribution >= 4 is 5.76 Å². The van der Waals surface area contributed by atoms with Gasteiger partial charge in [-0.05, 0) is 23.3 Å². The first-order valence-corrected chi connectivity index (χ1v) is 6.42. The minimum atomic E-state index is -0.0110. The summed E-state index contributed by atoms with van der Waals surface area (Å²) in [5, 5.41) is 8.72. The predicted octanol–water partition coefficient (Wildman–Crippen LogP) is 3.34. The van der Waals surface area contributed by atoms with Gasteiger partial charge in [0.2, 0.25) is 0 Å². The topological polar surface area (TPSA) is 38.7 Å². The molecule has 0 atom stereocenters. The van der Waals surface area contributed by atoms with E-state index in [9.17, 15) is 0 Å². The smallest absolute Gasteiger partial charge is 0.119 e. The fourth-order valence-electron chi connectivity index (χ4n) is 1.88. The largest absolute Gasteiger partial charge is 0.497 e. The minimum Gasteiger partial charge on any atom is -0.497 e. The van der Waals surface area contributed by atoms with Crippen molar-refractivity contribution < 1.29 is 14.6 Å². The summed E-state index contributed by atoms with van der Waals surface area (Å²) in [7, 11) is 1.65. The van der Waals surface area contributed by atoms with Gasteiger partial charge in [-0.3, -0.25) is 0 Å². The summed E-state index contributed by atoms with van der Waals surface area (Å²) in [4.78, 5) is 0. The minimum absolute atomic E-state index is 0.0110. The Morgan fingerprint density at radius 1 is 1.00 bits per heavy atom. The molecule has 2 aromatic carbocycles. The van der Waals surface area contributed by atoms with E-state index in [4.69, 9.17) is 14.6 Å². The van der Waals surface area contributed by atoms with Crippen LogP contribution in [-0.2, 0) is 4.74 Å². The highest BCUT2D eigenvalue weighted by Crippen LogP contribution is 2.24. The van der Waals surface area contributed by atoms with E-state index in [0.717, 1.165) is 22.4 Å². The van der Waals surface area contributed by atoms with E-state index in [-0.39, 0.29) is 13.2 Å². The molecule has 0 unspecified atom stereocenters. The van der Waals surface area contributed by atoms with Gasteiger partial charge in [0.25, 0.3) is 0 Å². The average Bonchev–Trinajstić information content (AvgIpc) is 2.53. The van der Waals surface area contributed by atoms with Gasteiger partial charge in [0.1, 0.15) is 18.1 Å². The van der Waals surface area contributed by atoms with Gasteiger partial charge >= 0.3 is 0 Å². The molecule has 3 nitrogen and oxygen atoms in total. The molecule has 2 rings (SSSR count). The molecule has 0 amide bonds. The van der Waals surface area contributed by atoms with Crippen LogP contribution in [0.5, 0.6) is 5.75 Å². The predicted molar refractivity (Wildman–Crippen MR) is 80.5 cm³/mol. The van der Waals surface area contributed by atoms with Crippen LogP contribution in [0.25, 0.3) is 16.9 Å².